The molecule has 3 N–H and O–H groups in total. The highest BCUT2D eigenvalue weighted by Gasteiger charge is 2.11. The lowest BCUT2D eigenvalue weighted by atomic mass is 10.1. The number of aryl methyl sites for hydroxylation is 2. The van der Waals surface area contributed by atoms with Crippen LogP contribution in [0.4, 0.5) is 5.69 Å². The van der Waals surface area contributed by atoms with Crippen molar-refractivity contribution in [1.29, 1.82) is 0 Å². The quantitative estimate of drug-likeness (QED) is 0.850. The molecular formula is C17H20N2O2. The third kappa shape index (κ3) is 3.16. The van der Waals surface area contributed by atoms with Gasteiger partial charge in [0.1, 0.15) is 5.75 Å². The summed E-state index contributed by atoms with van der Waals surface area (Å²) in [6.45, 7) is 6.06. The lowest BCUT2D eigenvalue weighted by molar-refractivity contribution is 0.0963. The molecule has 4 nitrogen and oxygen atoms in total. The van der Waals surface area contributed by atoms with Crippen LogP contribution in [0, 0.1) is 20.8 Å². The molecule has 0 bridgehead atoms. The zero-order chi connectivity index (χ0) is 15.6. The minimum atomic E-state index is -0.169. The van der Waals surface area contributed by atoms with E-state index in [0.717, 1.165) is 22.4 Å². The van der Waals surface area contributed by atoms with Gasteiger partial charge in [0.15, 0.2) is 5.75 Å². The van der Waals surface area contributed by atoms with E-state index in [1.54, 1.807) is 25.2 Å². The van der Waals surface area contributed by atoms with Crippen LogP contribution in [0.15, 0.2) is 30.3 Å². The summed E-state index contributed by atoms with van der Waals surface area (Å²) >= 11 is 0. The highest BCUT2D eigenvalue weighted by molar-refractivity contribution is 5.95. The largest absolute Gasteiger partial charge is 0.455 e. The zero-order valence-electron chi connectivity index (χ0n) is 12.8. The molecule has 2 aromatic rings. The van der Waals surface area contributed by atoms with Gasteiger partial charge in [-0.2, -0.15) is 0 Å². The van der Waals surface area contributed by atoms with Gasteiger partial charge in [0.2, 0.25) is 0 Å². The van der Waals surface area contributed by atoms with Crippen molar-refractivity contribution in [2.45, 2.75) is 20.8 Å². The van der Waals surface area contributed by atoms with Gasteiger partial charge in [0.25, 0.3) is 5.91 Å². The van der Waals surface area contributed by atoms with Gasteiger partial charge in [-0.1, -0.05) is 6.07 Å². The van der Waals surface area contributed by atoms with Gasteiger partial charge < -0.3 is 15.8 Å². The Morgan fingerprint density at radius 1 is 1.10 bits per heavy atom. The standard InChI is InChI=1S/C17H20N2O2/c1-10-7-11(2)12(3)15(8-10)21-16-9-13(17(20)19-4)5-6-14(16)18/h5-9H,18H2,1-4H3,(H,19,20). The molecule has 0 heterocycles. The monoisotopic (exact) mass is 284 g/mol. The van der Waals surface area contributed by atoms with E-state index in [9.17, 15) is 4.79 Å². The molecule has 21 heavy (non-hydrogen) atoms. The minimum absolute atomic E-state index is 0.169. The molecule has 0 saturated heterocycles. The van der Waals surface area contributed by atoms with Crippen molar-refractivity contribution >= 4 is 11.6 Å². The van der Waals surface area contributed by atoms with Crippen molar-refractivity contribution in [3.8, 4) is 11.5 Å². The van der Waals surface area contributed by atoms with Crippen LogP contribution in [-0.4, -0.2) is 13.0 Å². The normalized spacial score (nSPS) is 10.3. The van der Waals surface area contributed by atoms with E-state index in [2.05, 4.69) is 11.4 Å². The second kappa shape index (κ2) is 5.87. The Labute approximate surface area is 124 Å². The number of rotatable bonds is 3. The van der Waals surface area contributed by atoms with Gasteiger partial charge in [-0.3, -0.25) is 4.79 Å². The Kier molecular flexibility index (Phi) is 4.17. The fraction of sp³-hybridized carbons (Fsp3) is 0.235. The van der Waals surface area contributed by atoms with E-state index in [4.69, 9.17) is 10.5 Å². The second-order valence-corrected chi connectivity index (χ2v) is 5.14. The van der Waals surface area contributed by atoms with Crippen molar-refractivity contribution in [3.63, 3.8) is 0 Å². The maximum Gasteiger partial charge on any atom is 0.251 e. The summed E-state index contributed by atoms with van der Waals surface area (Å²) < 4.78 is 5.93. The Balaban J connectivity index is 2.42. The Bertz CT molecular complexity index is 693. The maximum atomic E-state index is 11.7. The van der Waals surface area contributed by atoms with E-state index in [1.807, 2.05) is 26.8 Å². The van der Waals surface area contributed by atoms with E-state index in [0.29, 0.717) is 17.0 Å². The summed E-state index contributed by atoms with van der Waals surface area (Å²) in [6, 6.07) is 9.08. The predicted octanol–water partition coefficient (Wildman–Crippen LogP) is 3.35. The first-order chi connectivity index (χ1) is 9.92. The van der Waals surface area contributed by atoms with Crippen LogP contribution in [0.25, 0.3) is 0 Å². The summed E-state index contributed by atoms with van der Waals surface area (Å²) in [5.74, 6) is 1.08. The molecular weight excluding hydrogens is 264 g/mol. The molecule has 0 spiro atoms. The number of nitrogens with two attached hydrogens (primary N) is 1. The Morgan fingerprint density at radius 2 is 1.81 bits per heavy atom. The van der Waals surface area contributed by atoms with Crippen LogP contribution in [0.3, 0.4) is 0 Å². The lowest BCUT2D eigenvalue weighted by Gasteiger charge is -2.14. The van der Waals surface area contributed by atoms with Crippen LogP contribution in [-0.2, 0) is 0 Å². The van der Waals surface area contributed by atoms with Crippen molar-refractivity contribution in [2.24, 2.45) is 0 Å². The van der Waals surface area contributed by atoms with Gasteiger partial charge in [0.05, 0.1) is 5.69 Å². The number of amides is 1. The molecule has 2 aromatic carbocycles. The van der Waals surface area contributed by atoms with E-state index >= 15 is 0 Å². The Morgan fingerprint density at radius 3 is 2.48 bits per heavy atom. The molecule has 4 heteroatoms. The number of nitrogens with one attached hydrogen (secondary N) is 1. The number of hydrogen-bond donors (Lipinski definition) is 2. The van der Waals surface area contributed by atoms with Crippen molar-refractivity contribution < 1.29 is 9.53 Å². The van der Waals surface area contributed by atoms with Crippen LogP contribution < -0.4 is 15.8 Å². The van der Waals surface area contributed by atoms with E-state index in [1.165, 1.54) is 0 Å². The number of nitrogen functional groups attached to an aromatic ring is 1. The summed E-state index contributed by atoms with van der Waals surface area (Å²) in [4.78, 5) is 11.7. The fourth-order valence-corrected chi connectivity index (χ4v) is 2.13. The maximum absolute atomic E-state index is 11.7. The smallest absolute Gasteiger partial charge is 0.251 e. The van der Waals surface area contributed by atoms with Gasteiger partial charge in [-0.05, 0) is 61.7 Å². The van der Waals surface area contributed by atoms with Crippen LogP contribution >= 0.6 is 0 Å². The van der Waals surface area contributed by atoms with Gasteiger partial charge >= 0.3 is 0 Å². The summed E-state index contributed by atoms with van der Waals surface area (Å²) in [6.07, 6.45) is 0. The molecule has 110 valence electrons. The van der Waals surface area contributed by atoms with Gasteiger partial charge in [-0.25, -0.2) is 0 Å². The summed E-state index contributed by atoms with van der Waals surface area (Å²) in [5.41, 5.74) is 10.3. The molecule has 0 aromatic heterocycles. The number of anilines is 1. The first-order valence-corrected chi connectivity index (χ1v) is 6.79. The number of carbonyl (C=O) groups excluding carboxylic acids is 1. The highest BCUT2D eigenvalue weighted by atomic mass is 16.5. The van der Waals surface area contributed by atoms with E-state index < -0.39 is 0 Å². The number of carbonyl (C=O) groups is 1. The van der Waals surface area contributed by atoms with Crippen LogP contribution in [0.5, 0.6) is 11.5 Å². The van der Waals surface area contributed by atoms with Crippen molar-refractivity contribution in [1.82, 2.24) is 5.32 Å². The molecule has 0 radical (unpaired) electrons. The Hall–Kier alpha value is -2.49. The van der Waals surface area contributed by atoms with Gasteiger partial charge in [0, 0.05) is 12.6 Å². The van der Waals surface area contributed by atoms with Crippen LogP contribution in [0.2, 0.25) is 0 Å². The molecule has 0 aliphatic heterocycles. The summed E-state index contributed by atoms with van der Waals surface area (Å²) in [5, 5.41) is 2.59. The average molecular weight is 284 g/mol. The molecule has 0 aliphatic carbocycles. The SMILES string of the molecule is CNC(=O)c1ccc(N)c(Oc2cc(C)cc(C)c2C)c1. The molecule has 0 aliphatic rings. The highest BCUT2D eigenvalue weighted by Crippen LogP contribution is 2.32. The zero-order valence-corrected chi connectivity index (χ0v) is 12.8. The number of hydrogen-bond acceptors (Lipinski definition) is 3. The molecule has 0 atom stereocenters. The number of benzene rings is 2. The summed E-state index contributed by atoms with van der Waals surface area (Å²) in [7, 11) is 1.59. The molecule has 0 saturated carbocycles. The van der Waals surface area contributed by atoms with Crippen molar-refractivity contribution in [2.75, 3.05) is 12.8 Å². The third-order valence-corrected chi connectivity index (χ3v) is 3.49. The topological polar surface area (TPSA) is 64.4 Å². The predicted molar refractivity (Wildman–Crippen MR) is 85.0 cm³/mol. The van der Waals surface area contributed by atoms with Gasteiger partial charge in [-0.15, -0.1) is 0 Å². The van der Waals surface area contributed by atoms with Crippen LogP contribution in [0.1, 0.15) is 27.0 Å². The fourth-order valence-electron chi connectivity index (χ4n) is 2.13. The minimum Gasteiger partial charge on any atom is -0.455 e. The first kappa shape index (κ1) is 14.9. The van der Waals surface area contributed by atoms with Crippen molar-refractivity contribution in [3.05, 3.63) is 52.6 Å². The first-order valence-electron chi connectivity index (χ1n) is 6.79. The average Bonchev–Trinajstić information content (AvgIpc) is 2.45. The molecule has 1 amide bonds. The third-order valence-electron chi connectivity index (χ3n) is 3.49. The molecule has 2 rings (SSSR count). The number of ether oxygens (including phenoxy) is 1. The second-order valence-electron chi connectivity index (χ2n) is 5.14. The lowest BCUT2D eigenvalue weighted by Crippen LogP contribution is -2.17. The van der Waals surface area contributed by atoms with E-state index in [-0.39, 0.29) is 5.91 Å². The molecule has 0 unspecified atom stereocenters. The molecule has 0 fully saturated rings.